The van der Waals surface area contributed by atoms with Gasteiger partial charge in [0, 0.05) is 11.4 Å². The lowest BCUT2D eigenvalue weighted by Crippen LogP contribution is -2.27. The molecule has 2 heteroatoms. The number of para-hydroxylation sites is 1. The third kappa shape index (κ3) is 3.54. The lowest BCUT2D eigenvalue weighted by Gasteiger charge is -2.22. The second-order valence-electron chi connectivity index (χ2n) is 4.78. The van der Waals surface area contributed by atoms with Gasteiger partial charge >= 0.3 is 0 Å². The molecule has 1 aromatic carbocycles. The Morgan fingerprint density at radius 3 is 2.74 bits per heavy atom. The number of nitrogens with zero attached hydrogens (tertiary/aromatic N) is 1. The standard InChI is InChI=1S/C17H21NS/c1-4-18-15-11-8-9-12-16(15)19-17(18)13-7-5-6-10-14(2)3/h5-13,17H,4H2,1-3H3/b6-5+,13-7+. The van der Waals surface area contributed by atoms with Crippen molar-refractivity contribution in [1.82, 2.24) is 0 Å². The third-order valence-corrected chi connectivity index (χ3v) is 4.25. The van der Waals surface area contributed by atoms with Gasteiger partial charge in [0.15, 0.2) is 0 Å². The topological polar surface area (TPSA) is 3.24 Å². The van der Waals surface area contributed by atoms with E-state index in [4.69, 9.17) is 0 Å². The van der Waals surface area contributed by atoms with Crippen LogP contribution in [0, 0.1) is 0 Å². The highest BCUT2D eigenvalue weighted by molar-refractivity contribution is 8.00. The maximum Gasteiger partial charge on any atom is 0.0985 e. The van der Waals surface area contributed by atoms with Crippen LogP contribution in [0.3, 0.4) is 0 Å². The summed E-state index contributed by atoms with van der Waals surface area (Å²) in [5.74, 6) is 0. The molecule has 2 rings (SSSR count). The predicted molar refractivity (Wildman–Crippen MR) is 86.8 cm³/mol. The van der Waals surface area contributed by atoms with E-state index in [0.717, 1.165) is 6.54 Å². The van der Waals surface area contributed by atoms with Gasteiger partial charge in [0.1, 0.15) is 0 Å². The van der Waals surface area contributed by atoms with Crippen LogP contribution in [-0.2, 0) is 0 Å². The van der Waals surface area contributed by atoms with Crippen molar-refractivity contribution in [3.05, 3.63) is 60.2 Å². The van der Waals surface area contributed by atoms with Crippen molar-refractivity contribution in [2.45, 2.75) is 31.0 Å². The Hall–Kier alpha value is -1.41. The molecule has 0 radical (unpaired) electrons. The summed E-state index contributed by atoms with van der Waals surface area (Å²) >= 11 is 1.92. The van der Waals surface area contributed by atoms with Crippen molar-refractivity contribution >= 4 is 17.4 Å². The zero-order valence-corrected chi connectivity index (χ0v) is 12.7. The molecule has 0 aromatic heterocycles. The fraction of sp³-hybridized carbons (Fsp3) is 0.294. The molecule has 0 saturated heterocycles. The lowest BCUT2D eigenvalue weighted by atomic mass is 10.2. The number of likely N-dealkylation sites (N-methyl/N-ethyl adjacent to an activating group) is 1. The van der Waals surface area contributed by atoms with E-state index in [1.54, 1.807) is 0 Å². The molecule has 19 heavy (non-hydrogen) atoms. The van der Waals surface area contributed by atoms with Gasteiger partial charge in [-0.1, -0.05) is 59.8 Å². The van der Waals surface area contributed by atoms with Gasteiger partial charge in [-0.15, -0.1) is 0 Å². The van der Waals surface area contributed by atoms with E-state index < -0.39 is 0 Å². The summed E-state index contributed by atoms with van der Waals surface area (Å²) in [6.45, 7) is 7.46. The third-order valence-electron chi connectivity index (χ3n) is 3.00. The lowest BCUT2D eigenvalue weighted by molar-refractivity contribution is 0.878. The maximum absolute atomic E-state index is 2.44. The van der Waals surface area contributed by atoms with Gasteiger partial charge in [0.25, 0.3) is 0 Å². The van der Waals surface area contributed by atoms with E-state index in [2.05, 4.69) is 80.3 Å². The Kier molecular flexibility index (Phi) is 4.92. The van der Waals surface area contributed by atoms with Crippen LogP contribution in [0.4, 0.5) is 5.69 Å². The van der Waals surface area contributed by atoms with Gasteiger partial charge < -0.3 is 4.90 Å². The van der Waals surface area contributed by atoms with Crippen LogP contribution >= 0.6 is 11.8 Å². The molecule has 0 spiro atoms. The first kappa shape index (κ1) is 14.0. The molecule has 1 heterocycles. The molecule has 100 valence electrons. The summed E-state index contributed by atoms with van der Waals surface area (Å²) < 4.78 is 0. The first-order valence-electron chi connectivity index (χ1n) is 6.73. The Balaban J connectivity index is 2.05. The highest BCUT2D eigenvalue weighted by Crippen LogP contribution is 2.43. The van der Waals surface area contributed by atoms with Crippen LogP contribution < -0.4 is 4.90 Å². The van der Waals surface area contributed by atoms with Crippen LogP contribution in [0.2, 0.25) is 0 Å². The fourth-order valence-electron chi connectivity index (χ4n) is 2.09. The normalized spacial score (nSPS) is 18.3. The largest absolute Gasteiger partial charge is 0.355 e. The smallest absolute Gasteiger partial charge is 0.0985 e. The highest BCUT2D eigenvalue weighted by Gasteiger charge is 2.26. The Labute approximate surface area is 120 Å². The van der Waals surface area contributed by atoms with E-state index >= 15 is 0 Å². The van der Waals surface area contributed by atoms with Gasteiger partial charge in [0.2, 0.25) is 0 Å². The van der Waals surface area contributed by atoms with Gasteiger partial charge in [-0.05, 0) is 32.9 Å². The summed E-state index contributed by atoms with van der Waals surface area (Å²) in [5.41, 5.74) is 2.68. The molecule has 0 amide bonds. The van der Waals surface area contributed by atoms with E-state index in [1.807, 2.05) is 11.8 Å². The Morgan fingerprint density at radius 2 is 2.00 bits per heavy atom. The second kappa shape index (κ2) is 6.67. The van der Waals surface area contributed by atoms with E-state index in [0.29, 0.717) is 5.37 Å². The van der Waals surface area contributed by atoms with Crippen molar-refractivity contribution < 1.29 is 0 Å². The van der Waals surface area contributed by atoms with E-state index in [-0.39, 0.29) is 0 Å². The number of allylic oxidation sites excluding steroid dienone is 5. The number of benzene rings is 1. The van der Waals surface area contributed by atoms with Crippen LogP contribution in [0.1, 0.15) is 20.8 Å². The molecule has 1 unspecified atom stereocenters. The van der Waals surface area contributed by atoms with Crippen molar-refractivity contribution in [2.75, 3.05) is 11.4 Å². The van der Waals surface area contributed by atoms with Gasteiger partial charge in [-0.2, -0.15) is 0 Å². The number of anilines is 1. The monoisotopic (exact) mass is 271 g/mol. The SMILES string of the molecule is CCN1c2ccccc2SC1/C=C/C=C/C=C(C)C. The first-order chi connectivity index (χ1) is 9.22. The fourth-order valence-corrected chi connectivity index (χ4v) is 3.37. The van der Waals surface area contributed by atoms with Crippen molar-refractivity contribution in [3.8, 4) is 0 Å². The van der Waals surface area contributed by atoms with Gasteiger partial charge in [-0.3, -0.25) is 0 Å². The Bertz CT molecular complexity index is 510. The second-order valence-corrected chi connectivity index (χ2v) is 5.93. The average molecular weight is 271 g/mol. The van der Waals surface area contributed by atoms with Crippen molar-refractivity contribution in [1.29, 1.82) is 0 Å². The maximum atomic E-state index is 2.44. The molecule has 0 bridgehead atoms. The number of thioether (sulfide) groups is 1. The molecular formula is C17H21NS. The molecule has 1 atom stereocenters. The molecule has 0 N–H and O–H groups in total. The zero-order valence-electron chi connectivity index (χ0n) is 11.8. The van der Waals surface area contributed by atoms with Crippen LogP contribution in [-0.4, -0.2) is 11.9 Å². The predicted octanol–water partition coefficient (Wildman–Crippen LogP) is 5.02. The van der Waals surface area contributed by atoms with Crippen molar-refractivity contribution in [3.63, 3.8) is 0 Å². The minimum absolute atomic E-state index is 0.416. The van der Waals surface area contributed by atoms with Crippen molar-refractivity contribution in [2.24, 2.45) is 0 Å². The summed E-state index contributed by atoms with van der Waals surface area (Å²) in [5, 5.41) is 0.416. The summed E-state index contributed by atoms with van der Waals surface area (Å²) in [4.78, 5) is 3.82. The summed E-state index contributed by atoms with van der Waals surface area (Å²) in [6, 6.07) is 8.64. The zero-order chi connectivity index (χ0) is 13.7. The van der Waals surface area contributed by atoms with Gasteiger partial charge in [0.05, 0.1) is 11.1 Å². The average Bonchev–Trinajstić information content (AvgIpc) is 2.75. The van der Waals surface area contributed by atoms with Crippen LogP contribution in [0.5, 0.6) is 0 Å². The van der Waals surface area contributed by atoms with E-state index in [9.17, 15) is 0 Å². The molecule has 1 aliphatic rings. The van der Waals surface area contributed by atoms with Gasteiger partial charge in [-0.25, -0.2) is 0 Å². The quantitative estimate of drug-likeness (QED) is 0.707. The van der Waals surface area contributed by atoms with Crippen LogP contribution in [0.25, 0.3) is 0 Å². The number of rotatable bonds is 4. The first-order valence-corrected chi connectivity index (χ1v) is 7.61. The minimum Gasteiger partial charge on any atom is -0.355 e. The number of hydrogen-bond donors (Lipinski definition) is 0. The molecular weight excluding hydrogens is 250 g/mol. The van der Waals surface area contributed by atoms with E-state index in [1.165, 1.54) is 16.2 Å². The molecule has 0 fully saturated rings. The van der Waals surface area contributed by atoms with Crippen LogP contribution in [0.15, 0.2) is 65.1 Å². The highest BCUT2D eigenvalue weighted by atomic mass is 32.2. The molecule has 0 aliphatic carbocycles. The minimum atomic E-state index is 0.416. The molecule has 0 saturated carbocycles. The number of fused-ring (bicyclic) bond motifs is 1. The molecule has 1 aliphatic heterocycles. The summed E-state index contributed by atoms with van der Waals surface area (Å²) in [6.07, 6.45) is 10.7. The summed E-state index contributed by atoms with van der Waals surface area (Å²) in [7, 11) is 0. The molecule has 1 nitrogen and oxygen atoms in total. The number of hydrogen-bond acceptors (Lipinski definition) is 2. The Morgan fingerprint density at radius 1 is 1.21 bits per heavy atom. The molecule has 1 aromatic rings.